The highest BCUT2D eigenvalue weighted by atomic mass is 32.1. The molecule has 0 fully saturated rings. The average molecular weight is 326 g/mol. The first-order chi connectivity index (χ1) is 11.8. The van der Waals surface area contributed by atoms with Gasteiger partial charge in [-0.3, -0.25) is 0 Å². The molecule has 2 nitrogen and oxygen atoms in total. The second kappa shape index (κ2) is 5.11. The third kappa shape index (κ3) is 1.95. The van der Waals surface area contributed by atoms with Gasteiger partial charge in [-0.15, -0.1) is 11.3 Å². The van der Waals surface area contributed by atoms with Gasteiger partial charge in [0.2, 0.25) is 0 Å². The summed E-state index contributed by atoms with van der Waals surface area (Å²) in [5, 5.41) is 4.88. The Balaban J connectivity index is 1.88. The summed E-state index contributed by atoms with van der Waals surface area (Å²) in [6.45, 7) is 2.15. The summed E-state index contributed by atoms with van der Waals surface area (Å²) in [5.41, 5.74) is 3.28. The van der Waals surface area contributed by atoms with Crippen LogP contribution in [0.2, 0.25) is 0 Å². The zero-order valence-electron chi connectivity index (χ0n) is 13.2. The van der Waals surface area contributed by atoms with Crippen LogP contribution in [-0.2, 0) is 0 Å². The van der Waals surface area contributed by atoms with E-state index in [0.29, 0.717) is 0 Å². The molecule has 0 aliphatic heterocycles. The molecule has 0 unspecified atom stereocenters. The first-order valence-electron chi connectivity index (χ1n) is 7.93. The Morgan fingerprint density at radius 1 is 0.792 bits per heavy atom. The van der Waals surface area contributed by atoms with Gasteiger partial charge in [0.15, 0.2) is 0 Å². The molecule has 3 heteroatoms. The normalized spacial score (nSPS) is 11.5. The Morgan fingerprint density at radius 2 is 1.58 bits per heavy atom. The number of hydrogen-bond donors (Lipinski definition) is 0. The van der Waals surface area contributed by atoms with E-state index in [1.807, 2.05) is 0 Å². The van der Waals surface area contributed by atoms with Gasteiger partial charge in [0.1, 0.15) is 6.33 Å². The van der Waals surface area contributed by atoms with Gasteiger partial charge in [-0.2, -0.15) is 0 Å². The third-order valence-corrected chi connectivity index (χ3v) is 5.69. The van der Waals surface area contributed by atoms with Crippen LogP contribution in [0.15, 0.2) is 67.0 Å². The summed E-state index contributed by atoms with van der Waals surface area (Å²) < 4.78 is 1.29. The van der Waals surface area contributed by atoms with Gasteiger partial charge in [-0.05, 0) is 46.8 Å². The van der Waals surface area contributed by atoms with Crippen molar-refractivity contribution >= 4 is 43.1 Å². The minimum atomic E-state index is 1.02. The lowest BCUT2D eigenvalue weighted by molar-refractivity contribution is 1.22. The maximum absolute atomic E-state index is 4.62. The second-order valence-electron chi connectivity index (χ2n) is 5.99. The van der Waals surface area contributed by atoms with Gasteiger partial charge in [0, 0.05) is 10.1 Å². The summed E-state index contributed by atoms with van der Waals surface area (Å²) >= 11 is 1.79. The van der Waals surface area contributed by atoms with Crippen LogP contribution >= 0.6 is 11.3 Å². The zero-order valence-corrected chi connectivity index (χ0v) is 14.0. The highest BCUT2D eigenvalue weighted by Gasteiger charge is 2.13. The molecule has 0 bridgehead atoms. The van der Waals surface area contributed by atoms with Gasteiger partial charge in [-0.1, -0.05) is 42.5 Å². The van der Waals surface area contributed by atoms with Gasteiger partial charge in [0.05, 0.1) is 16.1 Å². The number of rotatable bonds is 1. The van der Waals surface area contributed by atoms with Crippen molar-refractivity contribution in [1.29, 1.82) is 0 Å². The number of thiophene rings is 1. The van der Waals surface area contributed by atoms with Crippen molar-refractivity contribution in [3.05, 3.63) is 72.6 Å². The maximum atomic E-state index is 4.62. The summed E-state index contributed by atoms with van der Waals surface area (Å²) in [5.74, 6) is 0. The standard InChI is InChI=1S/C21H14N2S/c1-13-16-8-4-2-6-14(16)10-17-20(13)22-12-23-21(17)19-11-15-7-3-5-9-18(15)24-19/h2-12H,1H3. The van der Waals surface area contributed by atoms with Crippen LogP contribution in [0.25, 0.3) is 42.3 Å². The molecular formula is C21H14N2S. The number of benzene rings is 3. The van der Waals surface area contributed by atoms with Crippen molar-refractivity contribution < 1.29 is 0 Å². The third-order valence-electron chi connectivity index (χ3n) is 4.56. The van der Waals surface area contributed by atoms with Crippen molar-refractivity contribution in [3.8, 4) is 10.6 Å². The van der Waals surface area contributed by atoms with E-state index >= 15 is 0 Å². The van der Waals surface area contributed by atoms with Crippen LogP contribution in [-0.4, -0.2) is 9.97 Å². The SMILES string of the molecule is Cc1c2ccccc2cc2c(-c3cc4ccccc4s3)ncnc12. The number of aryl methyl sites for hydroxylation is 1. The predicted molar refractivity (Wildman–Crippen MR) is 103 cm³/mol. The van der Waals surface area contributed by atoms with E-state index < -0.39 is 0 Å². The molecule has 0 spiro atoms. The van der Waals surface area contributed by atoms with E-state index in [-0.39, 0.29) is 0 Å². The number of nitrogens with zero attached hydrogens (tertiary/aromatic N) is 2. The summed E-state index contributed by atoms with van der Waals surface area (Å²) in [6.07, 6.45) is 1.68. The smallest absolute Gasteiger partial charge is 0.116 e. The Labute approximate surface area is 143 Å². The molecule has 0 saturated carbocycles. The van der Waals surface area contributed by atoms with Gasteiger partial charge < -0.3 is 0 Å². The molecule has 0 saturated heterocycles. The minimum absolute atomic E-state index is 1.02. The molecule has 3 aromatic carbocycles. The van der Waals surface area contributed by atoms with Gasteiger partial charge in [-0.25, -0.2) is 9.97 Å². The van der Waals surface area contributed by atoms with Crippen LogP contribution in [0, 0.1) is 6.92 Å². The van der Waals surface area contributed by atoms with E-state index in [0.717, 1.165) is 16.6 Å². The molecule has 0 radical (unpaired) electrons. The Morgan fingerprint density at radius 3 is 2.46 bits per heavy atom. The van der Waals surface area contributed by atoms with E-state index in [9.17, 15) is 0 Å². The lowest BCUT2D eigenvalue weighted by Gasteiger charge is -2.09. The first-order valence-corrected chi connectivity index (χ1v) is 8.75. The average Bonchev–Trinajstić information content (AvgIpc) is 3.05. The van der Waals surface area contributed by atoms with Crippen LogP contribution in [0.1, 0.15) is 5.56 Å². The van der Waals surface area contributed by atoms with Crippen molar-refractivity contribution in [2.75, 3.05) is 0 Å². The highest BCUT2D eigenvalue weighted by molar-refractivity contribution is 7.22. The fraction of sp³-hybridized carbons (Fsp3) is 0.0476. The lowest BCUT2D eigenvalue weighted by atomic mass is 10.00. The van der Waals surface area contributed by atoms with Gasteiger partial charge >= 0.3 is 0 Å². The molecule has 5 aromatic rings. The van der Waals surface area contributed by atoms with Crippen molar-refractivity contribution in [1.82, 2.24) is 9.97 Å². The van der Waals surface area contributed by atoms with Crippen molar-refractivity contribution in [2.45, 2.75) is 6.92 Å². The lowest BCUT2D eigenvalue weighted by Crippen LogP contribution is -1.91. The van der Waals surface area contributed by atoms with Crippen LogP contribution in [0.4, 0.5) is 0 Å². The molecule has 114 valence electrons. The first kappa shape index (κ1) is 13.6. The van der Waals surface area contributed by atoms with Crippen molar-refractivity contribution in [2.24, 2.45) is 0 Å². The van der Waals surface area contributed by atoms with E-state index in [2.05, 4.69) is 77.6 Å². The molecule has 0 aliphatic carbocycles. The largest absolute Gasteiger partial charge is 0.236 e. The van der Waals surface area contributed by atoms with Crippen LogP contribution in [0.5, 0.6) is 0 Å². The Bertz CT molecular complexity index is 1190. The van der Waals surface area contributed by atoms with Crippen LogP contribution < -0.4 is 0 Å². The molecular weight excluding hydrogens is 312 g/mol. The van der Waals surface area contributed by atoms with Crippen LogP contribution in [0.3, 0.4) is 0 Å². The molecule has 2 heterocycles. The fourth-order valence-electron chi connectivity index (χ4n) is 3.37. The van der Waals surface area contributed by atoms with E-state index in [1.165, 1.54) is 31.3 Å². The number of hydrogen-bond acceptors (Lipinski definition) is 3. The zero-order chi connectivity index (χ0) is 16.1. The topological polar surface area (TPSA) is 25.8 Å². The van der Waals surface area contributed by atoms with E-state index in [1.54, 1.807) is 17.7 Å². The molecule has 0 atom stereocenters. The molecule has 0 N–H and O–H groups in total. The maximum Gasteiger partial charge on any atom is 0.116 e. The second-order valence-corrected chi connectivity index (χ2v) is 7.07. The molecule has 2 aromatic heterocycles. The summed E-state index contributed by atoms with van der Waals surface area (Å²) in [4.78, 5) is 10.4. The monoisotopic (exact) mass is 326 g/mol. The molecule has 0 amide bonds. The van der Waals surface area contributed by atoms with Gasteiger partial charge in [0.25, 0.3) is 0 Å². The fourth-order valence-corrected chi connectivity index (χ4v) is 4.45. The minimum Gasteiger partial charge on any atom is -0.236 e. The Hall–Kier alpha value is -2.78. The number of fused-ring (bicyclic) bond motifs is 3. The molecule has 0 aliphatic rings. The molecule has 24 heavy (non-hydrogen) atoms. The van der Waals surface area contributed by atoms with Crippen molar-refractivity contribution in [3.63, 3.8) is 0 Å². The Kier molecular flexibility index (Phi) is 2.91. The highest BCUT2D eigenvalue weighted by Crippen LogP contribution is 2.37. The number of aromatic nitrogens is 2. The van der Waals surface area contributed by atoms with E-state index in [4.69, 9.17) is 0 Å². The summed E-state index contributed by atoms with van der Waals surface area (Å²) in [6, 6.07) is 21.4. The summed E-state index contributed by atoms with van der Waals surface area (Å²) in [7, 11) is 0. The quantitative estimate of drug-likeness (QED) is 0.354. The molecule has 5 rings (SSSR count). The predicted octanol–water partition coefficient (Wildman–Crippen LogP) is 5.97.